The highest BCUT2D eigenvalue weighted by Crippen LogP contribution is 2.29. The molecule has 150 valence electrons. The fraction of sp³-hybridized carbons (Fsp3) is 0.185. The molecule has 1 heterocycles. The average Bonchev–Trinajstić information content (AvgIpc) is 2.81. The first-order valence-corrected chi connectivity index (χ1v) is 10.5. The summed E-state index contributed by atoms with van der Waals surface area (Å²) >= 11 is 0. The Labute approximate surface area is 178 Å². The summed E-state index contributed by atoms with van der Waals surface area (Å²) in [4.78, 5) is 9.63. The Morgan fingerprint density at radius 2 is 1.53 bits per heavy atom. The van der Waals surface area contributed by atoms with E-state index in [0.717, 1.165) is 51.9 Å². The number of nitrogens with zero attached hydrogens (tertiary/aromatic N) is 2. The topological polar surface area (TPSA) is 34.5 Å². The summed E-state index contributed by atoms with van der Waals surface area (Å²) in [5, 5.41) is 1.09. The molecule has 4 rings (SSSR count). The van der Waals surface area contributed by atoms with Gasteiger partial charge in [-0.3, -0.25) is 9.98 Å². The summed E-state index contributed by atoms with van der Waals surface area (Å²) in [6, 6.07) is 28.9. The van der Waals surface area contributed by atoms with E-state index in [9.17, 15) is 0 Å². The zero-order valence-electron chi connectivity index (χ0n) is 17.3. The largest absolute Gasteiger partial charge is 0.491 e. The molecular weight excluding hydrogens is 368 g/mol. The third kappa shape index (κ3) is 4.57. The summed E-state index contributed by atoms with van der Waals surface area (Å²) in [6.07, 6.45) is 3.94. The van der Waals surface area contributed by atoms with Crippen LogP contribution >= 0.6 is 0 Å². The number of benzene rings is 3. The van der Waals surface area contributed by atoms with E-state index >= 15 is 0 Å². The molecule has 4 aromatic rings. The van der Waals surface area contributed by atoms with Gasteiger partial charge in [0.2, 0.25) is 0 Å². The van der Waals surface area contributed by atoms with Gasteiger partial charge in [0.25, 0.3) is 0 Å². The third-order valence-corrected chi connectivity index (χ3v) is 5.06. The summed E-state index contributed by atoms with van der Waals surface area (Å²) in [7, 11) is 0. The molecule has 0 spiro atoms. The number of fused-ring (bicyclic) bond motifs is 1. The second kappa shape index (κ2) is 9.84. The predicted octanol–water partition coefficient (Wildman–Crippen LogP) is 6.45. The van der Waals surface area contributed by atoms with Crippen LogP contribution in [0.5, 0.6) is 5.75 Å². The summed E-state index contributed by atoms with van der Waals surface area (Å²) in [6.45, 7) is 3.39. The van der Waals surface area contributed by atoms with Crippen LogP contribution in [0.15, 0.2) is 96.1 Å². The van der Waals surface area contributed by atoms with Crippen LogP contribution in [0.1, 0.15) is 36.5 Å². The van der Waals surface area contributed by atoms with Gasteiger partial charge in [0.1, 0.15) is 5.52 Å². The lowest BCUT2D eigenvalue weighted by molar-refractivity contribution is 0.309. The Hall–Kier alpha value is -3.46. The van der Waals surface area contributed by atoms with Gasteiger partial charge in [0, 0.05) is 28.3 Å². The number of pyridine rings is 1. The first kappa shape index (κ1) is 19.8. The smallest absolute Gasteiger partial charge is 0.150 e. The third-order valence-electron chi connectivity index (χ3n) is 5.06. The van der Waals surface area contributed by atoms with Crippen LogP contribution in [0.25, 0.3) is 10.9 Å². The number of aromatic nitrogens is 1. The van der Waals surface area contributed by atoms with Crippen molar-refractivity contribution < 1.29 is 4.74 Å². The average molecular weight is 395 g/mol. The highest BCUT2D eigenvalue weighted by Gasteiger charge is 2.12. The molecule has 3 nitrogen and oxygen atoms in total. The second-order valence-corrected chi connectivity index (χ2v) is 7.23. The predicted molar refractivity (Wildman–Crippen MR) is 124 cm³/mol. The zero-order valence-corrected chi connectivity index (χ0v) is 17.3. The van der Waals surface area contributed by atoms with E-state index in [1.165, 1.54) is 0 Å². The number of ether oxygens (including phenoxy) is 1. The molecule has 3 heteroatoms. The van der Waals surface area contributed by atoms with Crippen molar-refractivity contribution in [3.05, 3.63) is 108 Å². The molecule has 0 saturated carbocycles. The van der Waals surface area contributed by atoms with Crippen molar-refractivity contribution in [3.8, 4) is 5.75 Å². The minimum atomic E-state index is 0.535. The molecule has 3 aromatic carbocycles. The maximum Gasteiger partial charge on any atom is 0.150 e. The van der Waals surface area contributed by atoms with Crippen molar-refractivity contribution in [2.75, 3.05) is 6.61 Å². The van der Waals surface area contributed by atoms with E-state index in [0.29, 0.717) is 13.2 Å². The van der Waals surface area contributed by atoms with Crippen LogP contribution in [0.4, 0.5) is 0 Å². The number of unbranched alkanes of at least 4 members (excludes halogenated alkanes) is 1. The fourth-order valence-corrected chi connectivity index (χ4v) is 3.47. The first-order chi connectivity index (χ1) is 14.9. The van der Waals surface area contributed by atoms with Gasteiger partial charge in [-0.2, -0.15) is 0 Å². The van der Waals surface area contributed by atoms with E-state index < -0.39 is 0 Å². The summed E-state index contributed by atoms with van der Waals surface area (Å²) < 4.78 is 6.20. The Balaban J connectivity index is 1.74. The molecule has 0 atom stereocenters. The lowest BCUT2D eigenvalue weighted by Gasteiger charge is -2.14. The van der Waals surface area contributed by atoms with Crippen LogP contribution in [0.2, 0.25) is 0 Å². The molecule has 0 aliphatic heterocycles. The molecule has 30 heavy (non-hydrogen) atoms. The molecule has 1 aromatic heterocycles. The van der Waals surface area contributed by atoms with Crippen LogP contribution < -0.4 is 4.74 Å². The maximum absolute atomic E-state index is 6.20. The first-order valence-electron chi connectivity index (χ1n) is 10.5. The monoisotopic (exact) mass is 394 g/mol. The van der Waals surface area contributed by atoms with Gasteiger partial charge < -0.3 is 4.74 Å². The Kier molecular flexibility index (Phi) is 6.51. The maximum atomic E-state index is 6.20. The number of hydrogen-bond donors (Lipinski definition) is 0. The molecule has 0 aliphatic carbocycles. The van der Waals surface area contributed by atoms with Gasteiger partial charge in [-0.15, -0.1) is 0 Å². The molecule has 0 unspecified atom stereocenters. The molecule has 0 radical (unpaired) electrons. The molecule has 0 amide bonds. The quantitative estimate of drug-likeness (QED) is 0.254. The van der Waals surface area contributed by atoms with Crippen molar-refractivity contribution in [3.63, 3.8) is 0 Å². The van der Waals surface area contributed by atoms with Gasteiger partial charge >= 0.3 is 0 Å². The van der Waals surface area contributed by atoms with E-state index in [1.54, 1.807) is 0 Å². The van der Waals surface area contributed by atoms with Gasteiger partial charge in [-0.05, 0) is 12.5 Å². The summed E-state index contributed by atoms with van der Waals surface area (Å²) in [5.41, 5.74) is 5.16. The van der Waals surface area contributed by atoms with Gasteiger partial charge in [-0.25, -0.2) is 0 Å². The number of rotatable bonds is 8. The molecular formula is C27H26N2O. The van der Waals surface area contributed by atoms with Crippen LogP contribution in [0, 0.1) is 0 Å². The van der Waals surface area contributed by atoms with E-state index in [2.05, 4.69) is 54.4 Å². The Morgan fingerprint density at radius 1 is 0.833 bits per heavy atom. The highest BCUT2D eigenvalue weighted by atomic mass is 16.5. The molecule has 0 aliphatic rings. The Morgan fingerprint density at radius 3 is 2.20 bits per heavy atom. The van der Waals surface area contributed by atoms with Crippen LogP contribution in [-0.4, -0.2) is 17.3 Å². The lowest BCUT2D eigenvalue weighted by atomic mass is 10.0. The van der Waals surface area contributed by atoms with E-state index in [1.807, 2.05) is 48.7 Å². The molecule has 0 saturated heterocycles. The normalized spacial score (nSPS) is 10.7. The van der Waals surface area contributed by atoms with Crippen molar-refractivity contribution in [2.45, 2.75) is 26.3 Å². The van der Waals surface area contributed by atoms with Crippen molar-refractivity contribution in [1.82, 2.24) is 4.98 Å². The van der Waals surface area contributed by atoms with Crippen molar-refractivity contribution in [2.24, 2.45) is 4.99 Å². The van der Waals surface area contributed by atoms with Gasteiger partial charge in [-0.1, -0.05) is 92.2 Å². The molecule has 0 bridgehead atoms. The highest BCUT2D eigenvalue weighted by molar-refractivity contribution is 6.12. The second-order valence-electron chi connectivity index (χ2n) is 7.23. The standard InChI is InChI=1S/C27H26N2O/c1-2-3-19-30-27-24(17-16-23-15-10-18-28-26(23)27)20-29-25(21-11-6-4-7-12-21)22-13-8-5-9-14-22/h4-18H,2-3,19-20H2,1H3. The lowest BCUT2D eigenvalue weighted by Crippen LogP contribution is -2.05. The minimum Gasteiger partial charge on any atom is -0.491 e. The number of aliphatic imine (C=N–C) groups is 1. The minimum absolute atomic E-state index is 0.535. The fourth-order valence-electron chi connectivity index (χ4n) is 3.47. The SMILES string of the molecule is CCCCOc1c(CN=C(c2ccccc2)c2ccccc2)ccc2cccnc12. The van der Waals surface area contributed by atoms with E-state index in [4.69, 9.17) is 9.73 Å². The zero-order chi connectivity index (χ0) is 20.6. The van der Waals surface area contributed by atoms with Crippen LogP contribution in [0.3, 0.4) is 0 Å². The molecule has 0 N–H and O–H groups in total. The van der Waals surface area contributed by atoms with Gasteiger partial charge in [0.15, 0.2) is 5.75 Å². The van der Waals surface area contributed by atoms with Crippen LogP contribution in [-0.2, 0) is 6.54 Å². The Bertz CT molecular complexity index is 1080. The van der Waals surface area contributed by atoms with E-state index in [-0.39, 0.29) is 0 Å². The van der Waals surface area contributed by atoms with Crippen molar-refractivity contribution in [1.29, 1.82) is 0 Å². The summed E-state index contributed by atoms with van der Waals surface area (Å²) in [5.74, 6) is 0.853. The molecule has 0 fully saturated rings. The number of hydrogen-bond acceptors (Lipinski definition) is 3. The van der Waals surface area contributed by atoms with Gasteiger partial charge in [0.05, 0.1) is 18.9 Å². The van der Waals surface area contributed by atoms with Crippen molar-refractivity contribution >= 4 is 16.6 Å².